The van der Waals surface area contributed by atoms with Gasteiger partial charge in [0.25, 0.3) is 0 Å². The van der Waals surface area contributed by atoms with E-state index in [9.17, 15) is 19.7 Å². The highest BCUT2D eigenvalue weighted by Gasteiger charge is 2.23. The quantitative estimate of drug-likeness (QED) is 0.0414. The van der Waals surface area contributed by atoms with Gasteiger partial charge in [0.2, 0.25) is 0 Å². The molecule has 16 nitrogen and oxygen atoms in total. The van der Waals surface area contributed by atoms with Crippen LogP contribution in [0.2, 0.25) is 0 Å². The van der Waals surface area contributed by atoms with Crippen LogP contribution in [0.3, 0.4) is 0 Å². The molecule has 5 rings (SSSR count). The largest absolute Gasteiger partial charge is 0.354 e. The second-order valence-corrected chi connectivity index (χ2v) is 17.2. The van der Waals surface area contributed by atoms with Gasteiger partial charge in [0, 0.05) is 195 Å². The van der Waals surface area contributed by atoms with E-state index in [2.05, 4.69) is 284 Å². The molecule has 3 N–H and O–H groups in total. The van der Waals surface area contributed by atoms with Gasteiger partial charge in [-0.1, -0.05) is 36.1 Å². The van der Waals surface area contributed by atoms with Crippen molar-refractivity contribution in [3.05, 3.63) is 75.1 Å². The summed E-state index contributed by atoms with van der Waals surface area (Å²) >= 11 is 0. The molecular formula is C68H90N12O4. The average molecular weight is 1140 g/mol. The standard InChI is InChI=1S/C35H45N5O2.C33H4.H3N7O2.19H2/c1-7-8-26-17-25(6)18-34(42)29(26)10-11-33(41)30-19-28(20-32-31(30)22-37-40(32)24(4)5)27-9-12-35(36-21-27)39-15-13-38(14-16-39)23(2)3;1-3-5-7-9-11-13-15-17-19-21-23-25-27-29-31-33-32-30-28-26-24-22-20-18-16-14-12-10-8-6-4-2;1-2-3-4-5-6-7(8)9;;;;;;;;;;;;;;;;;;;/h9,12,17,19-24H,7-8,10-11,13-16,18H2,1-6H3;1H,2H3;(H2,1,3,5)(H,2,4,6);19*1H. The second kappa shape index (κ2) is 39.9. The molecule has 1 aliphatic heterocycles. The van der Waals surface area contributed by atoms with Gasteiger partial charge in [-0.3, -0.25) is 19.2 Å². The Morgan fingerprint density at radius 3 is 1.67 bits per heavy atom. The first-order chi connectivity index (χ1) is 40.8. The molecule has 0 radical (unpaired) electrons. The first kappa shape index (κ1) is 65.9. The second-order valence-electron chi connectivity index (χ2n) is 17.2. The van der Waals surface area contributed by atoms with Crippen molar-refractivity contribution < 1.29 is 41.7 Å². The lowest BCUT2D eigenvalue weighted by Crippen LogP contribution is -2.49. The van der Waals surface area contributed by atoms with Crippen molar-refractivity contribution in [2.45, 2.75) is 92.7 Å². The van der Waals surface area contributed by atoms with E-state index in [1.807, 2.05) is 30.1 Å². The molecule has 2 aliphatic rings. The molecule has 84 heavy (non-hydrogen) atoms. The SMILES string of the molecule is C#CC#CC#CC#CC#CC#CC#CC#CC#CC#CC#CC#CC#CC#CC#CC#CC.CCCC1=C(CCC(=O)c2cc(-c3ccc(N4CCN(C(C)C)CC4)nc3)cc3c2cnn3C(C)C)C(=O)CC(C)=C1.NN=NN=NN[N+](=O)[O-].[HH].[HH].[HH].[HH].[HH].[HH].[HH].[HH].[HH].[HH].[HH].[HH].[HH].[HH].[HH].[HH].[HH].[HH].[HH]. The fraction of sp³-hybridized carbons (Fsp3) is 0.265. The maximum absolute atomic E-state index is 13.8. The maximum Gasteiger partial charge on any atom is 0.197 e. The predicted octanol–water partition coefficient (Wildman–Crippen LogP) is 11.9. The molecule has 3 aromatic rings. The molecule has 0 atom stereocenters. The van der Waals surface area contributed by atoms with E-state index in [1.165, 1.54) is 5.53 Å². The number of hydrogen-bond acceptors (Lipinski definition) is 10. The minimum Gasteiger partial charge on any atom is -0.354 e. The number of rotatable bonds is 13. The number of carbonyl (C=O) groups is 2. The van der Waals surface area contributed by atoms with Crippen LogP contribution in [-0.4, -0.2) is 68.5 Å². The molecule has 0 amide bonds. The molecule has 0 bridgehead atoms. The molecule has 16 heteroatoms. The molecule has 0 spiro atoms. The van der Waals surface area contributed by atoms with Gasteiger partial charge in [0.15, 0.2) is 16.8 Å². The number of Topliss-reactive ketones (excluding diaryl/α,β-unsaturated/α-hetero) is 2. The smallest absolute Gasteiger partial charge is 0.197 e. The van der Waals surface area contributed by atoms with E-state index in [-0.39, 0.29) is 44.7 Å². The van der Waals surface area contributed by atoms with E-state index in [1.54, 1.807) is 6.92 Å². The highest BCUT2D eigenvalue weighted by atomic mass is 16.7. The lowest BCUT2D eigenvalue weighted by atomic mass is 9.86. The van der Waals surface area contributed by atoms with Crippen LogP contribution in [0.4, 0.5) is 5.82 Å². The summed E-state index contributed by atoms with van der Waals surface area (Å²) in [6, 6.07) is 9.04. The van der Waals surface area contributed by atoms with Crippen LogP contribution in [-0.2, 0) is 4.79 Å². The topological polar surface area (TPSA) is 202 Å². The molecule has 2 aromatic heterocycles. The van der Waals surface area contributed by atoms with Gasteiger partial charge in [-0.2, -0.15) is 5.10 Å². The summed E-state index contributed by atoms with van der Waals surface area (Å²) in [5.74, 6) is 82.5. The number of terminal acetylenes is 1. The van der Waals surface area contributed by atoms with Gasteiger partial charge in [0.1, 0.15) is 11.0 Å². The monoisotopic (exact) mass is 1140 g/mol. The fourth-order valence-corrected chi connectivity index (χ4v) is 7.35. The number of allylic oxidation sites excluding steroid dienone is 4. The van der Waals surface area contributed by atoms with Gasteiger partial charge < -0.3 is 20.9 Å². The van der Waals surface area contributed by atoms with Crippen molar-refractivity contribution in [1.82, 2.24) is 25.2 Å². The Balaban J connectivity index is -0.0000000743. The third-order valence-electron chi connectivity index (χ3n) is 10.9. The van der Waals surface area contributed by atoms with Crippen molar-refractivity contribution in [2.75, 3.05) is 31.1 Å². The Hall–Kier alpha value is -12.4. The van der Waals surface area contributed by atoms with Crippen molar-refractivity contribution in [1.29, 1.82) is 0 Å². The van der Waals surface area contributed by atoms with Crippen LogP contribution in [0.5, 0.6) is 0 Å². The fourth-order valence-electron chi connectivity index (χ4n) is 7.35. The van der Waals surface area contributed by atoms with Gasteiger partial charge in [-0.05, 0) is 190 Å². The highest BCUT2D eigenvalue weighted by molar-refractivity contribution is 6.09. The zero-order valence-corrected chi connectivity index (χ0v) is 47.3. The number of benzene rings is 1. The Kier molecular flexibility index (Phi) is 31.3. The Morgan fingerprint density at radius 2 is 1.24 bits per heavy atom. The van der Waals surface area contributed by atoms with Gasteiger partial charge >= 0.3 is 0 Å². The van der Waals surface area contributed by atoms with E-state index in [4.69, 9.17) is 11.4 Å². The normalized spacial score (nSPS) is 11.0. The summed E-state index contributed by atoms with van der Waals surface area (Å²) in [7, 11) is 0. The summed E-state index contributed by atoms with van der Waals surface area (Å²) < 4.78 is 1.98. The molecule has 446 valence electrons. The van der Waals surface area contributed by atoms with E-state index in [0.29, 0.717) is 30.9 Å². The van der Waals surface area contributed by atoms with Crippen molar-refractivity contribution in [3.63, 3.8) is 0 Å². The predicted molar refractivity (Wildman–Crippen MR) is 366 cm³/mol. The molecule has 0 saturated carbocycles. The summed E-state index contributed by atoms with van der Waals surface area (Å²) in [5.41, 5.74) is 7.92. The van der Waals surface area contributed by atoms with E-state index < -0.39 is 5.03 Å². The Morgan fingerprint density at radius 1 is 0.726 bits per heavy atom. The lowest BCUT2D eigenvalue weighted by molar-refractivity contribution is -0.546. The maximum atomic E-state index is 13.8. The zero-order chi connectivity index (χ0) is 61.0. The minimum absolute atomic E-state index is 0. The average Bonchev–Trinajstić information content (AvgIpc) is 1.69. The number of fused-ring (bicyclic) bond motifs is 1. The minimum atomic E-state index is -0.907. The van der Waals surface area contributed by atoms with Crippen molar-refractivity contribution in [3.8, 4) is 201 Å². The van der Waals surface area contributed by atoms with Gasteiger partial charge in [-0.25, -0.2) is 4.98 Å². The summed E-state index contributed by atoms with van der Waals surface area (Å²) in [6.07, 6.45) is 13.9. The first-order valence-corrected chi connectivity index (χ1v) is 25.5. The number of carbonyl (C=O) groups excluding carboxylic acids is 2. The number of nitrogens with zero attached hydrogens (tertiary/aromatic N) is 10. The third-order valence-corrected chi connectivity index (χ3v) is 10.9. The number of pyridine rings is 1. The summed E-state index contributed by atoms with van der Waals surface area (Å²) in [5, 5.41) is 24.8. The first-order valence-electron chi connectivity index (χ1n) is 25.5. The number of aromatic nitrogens is 3. The number of nitro groups is 1. The molecule has 0 unspecified atom stereocenters. The Labute approximate surface area is 520 Å². The van der Waals surface area contributed by atoms with Gasteiger partial charge in [-0.15, -0.1) is 6.42 Å². The molecule has 1 aromatic carbocycles. The van der Waals surface area contributed by atoms with Crippen molar-refractivity contribution in [2.24, 2.45) is 26.7 Å². The molecular weight excluding hydrogens is 1050 g/mol. The van der Waals surface area contributed by atoms with Crippen molar-refractivity contribution >= 4 is 28.3 Å². The van der Waals surface area contributed by atoms with Crippen LogP contribution in [0.15, 0.2) is 80.3 Å². The lowest BCUT2D eigenvalue weighted by Gasteiger charge is -2.37. The number of nitrogens with two attached hydrogens (primary N) is 1. The number of nitrogens with one attached hydrogen (secondary N) is 1. The van der Waals surface area contributed by atoms with Gasteiger partial charge in [0.05, 0.1) is 16.7 Å². The molecule has 3 heterocycles. The summed E-state index contributed by atoms with van der Waals surface area (Å²) in [4.78, 5) is 45.8. The number of hydrazine groups is 1. The van der Waals surface area contributed by atoms with E-state index in [0.717, 1.165) is 83.6 Å². The molecule has 1 saturated heterocycles. The van der Waals surface area contributed by atoms with Crippen LogP contribution >= 0.6 is 0 Å². The molecule has 1 aliphatic carbocycles. The number of hydrogen-bond donors (Lipinski definition) is 2. The zero-order valence-electron chi connectivity index (χ0n) is 47.3. The highest BCUT2D eigenvalue weighted by Crippen LogP contribution is 2.33. The Bertz CT molecular complexity index is 4240. The number of piperazine rings is 1. The van der Waals surface area contributed by atoms with Crippen LogP contribution in [0.1, 0.15) is 124 Å². The number of anilines is 1. The van der Waals surface area contributed by atoms with E-state index >= 15 is 0 Å². The number of ketones is 2. The van der Waals surface area contributed by atoms with Crippen LogP contribution in [0.25, 0.3) is 22.0 Å². The molecule has 1 fully saturated rings. The third kappa shape index (κ3) is 25.8. The van der Waals surface area contributed by atoms with Crippen LogP contribution in [0, 0.1) is 200 Å². The summed E-state index contributed by atoms with van der Waals surface area (Å²) in [6.45, 7) is 18.5. The van der Waals surface area contributed by atoms with Crippen LogP contribution < -0.4 is 16.3 Å².